The Balaban J connectivity index is 2.14. The van der Waals surface area contributed by atoms with Gasteiger partial charge in [-0.15, -0.1) is 0 Å². The molecule has 0 spiro atoms. The lowest BCUT2D eigenvalue weighted by atomic mass is 10.2. The first-order valence-corrected chi connectivity index (χ1v) is 7.15. The maximum Gasteiger partial charge on any atom is 0.219 e. The van der Waals surface area contributed by atoms with E-state index in [1.54, 1.807) is 7.11 Å². The van der Waals surface area contributed by atoms with Crippen molar-refractivity contribution in [2.45, 2.75) is 27.0 Å². The van der Waals surface area contributed by atoms with E-state index in [0.29, 0.717) is 12.5 Å². The van der Waals surface area contributed by atoms with Crippen molar-refractivity contribution in [2.75, 3.05) is 13.7 Å². The van der Waals surface area contributed by atoms with Crippen molar-refractivity contribution in [3.8, 4) is 11.6 Å². The van der Waals surface area contributed by atoms with E-state index >= 15 is 0 Å². The molecule has 21 heavy (non-hydrogen) atoms. The summed E-state index contributed by atoms with van der Waals surface area (Å²) >= 11 is 0. The topological polar surface area (TPSA) is 43.4 Å². The Labute approximate surface area is 126 Å². The van der Waals surface area contributed by atoms with Crippen molar-refractivity contribution in [1.29, 1.82) is 0 Å². The number of benzene rings is 1. The van der Waals surface area contributed by atoms with Gasteiger partial charge in [0.2, 0.25) is 5.88 Å². The Morgan fingerprint density at radius 3 is 2.76 bits per heavy atom. The van der Waals surface area contributed by atoms with E-state index in [1.807, 2.05) is 37.3 Å². The molecule has 2 aromatic rings. The van der Waals surface area contributed by atoms with Gasteiger partial charge < -0.3 is 14.8 Å². The molecule has 1 N–H and O–H groups in total. The van der Waals surface area contributed by atoms with Gasteiger partial charge in [0.05, 0.1) is 6.61 Å². The molecule has 0 bridgehead atoms. The molecule has 4 heteroatoms. The van der Waals surface area contributed by atoms with Gasteiger partial charge in [-0.25, -0.2) is 4.98 Å². The Kier molecular flexibility index (Phi) is 5.72. The van der Waals surface area contributed by atoms with Gasteiger partial charge >= 0.3 is 0 Å². The zero-order chi connectivity index (χ0) is 15.1. The fraction of sp³-hybridized carbons (Fsp3) is 0.353. The van der Waals surface area contributed by atoms with Crippen LogP contribution in [-0.4, -0.2) is 18.6 Å². The highest BCUT2D eigenvalue weighted by molar-refractivity contribution is 5.33. The molecule has 1 heterocycles. The molecule has 0 radical (unpaired) electrons. The molecular formula is C17H22N2O2. The number of aryl methyl sites for hydroxylation is 1. The van der Waals surface area contributed by atoms with Gasteiger partial charge in [0.15, 0.2) is 0 Å². The number of nitrogens with zero attached hydrogens (tertiary/aromatic N) is 1. The highest BCUT2D eigenvalue weighted by Crippen LogP contribution is 2.22. The van der Waals surface area contributed by atoms with Crippen molar-refractivity contribution in [3.05, 3.63) is 53.2 Å². The lowest BCUT2D eigenvalue weighted by molar-refractivity contribution is 0.184. The Morgan fingerprint density at radius 2 is 2.00 bits per heavy atom. The molecule has 1 aromatic carbocycles. The molecule has 0 aliphatic carbocycles. The fourth-order valence-electron chi connectivity index (χ4n) is 2.12. The first-order valence-electron chi connectivity index (χ1n) is 7.15. The van der Waals surface area contributed by atoms with E-state index < -0.39 is 0 Å². The molecule has 0 saturated carbocycles. The second-order valence-electron chi connectivity index (χ2n) is 4.92. The number of ether oxygens (including phenoxy) is 2. The first-order chi connectivity index (χ1) is 10.2. The minimum atomic E-state index is 0.574. The van der Waals surface area contributed by atoms with Gasteiger partial charge in [-0.2, -0.15) is 0 Å². The van der Waals surface area contributed by atoms with Gasteiger partial charge in [0.25, 0.3) is 0 Å². The van der Waals surface area contributed by atoms with Crippen LogP contribution in [0.3, 0.4) is 0 Å². The molecule has 0 aliphatic heterocycles. The summed E-state index contributed by atoms with van der Waals surface area (Å²) in [4.78, 5) is 4.43. The molecule has 112 valence electrons. The predicted molar refractivity (Wildman–Crippen MR) is 83.6 cm³/mol. The Morgan fingerprint density at radius 1 is 1.14 bits per heavy atom. The Hall–Kier alpha value is -1.91. The molecule has 0 fully saturated rings. The van der Waals surface area contributed by atoms with Crippen LogP contribution in [0.4, 0.5) is 0 Å². The van der Waals surface area contributed by atoms with Gasteiger partial charge in [-0.3, -0.25) is 0 Å². The van der Waals surface area contributed by atoms with Crippen LogP contribution in [0.25, 0.3) is 0 Å². The summed E-state index contributed by atoms with van der Waals surface area (Å²) in [5, 5.41) is 3.31. The monoisotopic (exact) mass is 286 g/mol. The summed E-state index contributed by atoms with van der Waals surface area (Å²) in [5.41, 5.74) is 3.20. The second kappa shape index (κ2) is 7.76. The van der Waals surface area contributed by atoms with E-state index in [0.717, 1.165) is 30.1 Å². The van der Waals surface area contributed by atoms with Crippen molar-refractivity contribution in [3.63, 3.8) is 0 Å². The fourth-order valence-corrected chi connectivity index (χ4v) is 2.12. The molecule has 0 amide bonds. The van der Waals surface area contributed by atoms with Crippen LogP contribution in [0.5, 0.6) is 11.6 Å². The summed E-state index contributed by atoms with van der Waals surface area (Å²) in [6, 6.07) is 11.9. The van der Waals surface area contributed by atoms with Gasteiger partial charge in [-0.05, 0) is 42.8 Å². The van der Waals surface area contributed by atoms with Crippen LogP contribution in [0.15, 0.2) is 36.4 Å². The maximum absolute atomic E-state index is 5.87. The molecule has 0 saturated heterocycles. The van der Waals surface area contributed by atoms with Crippen LogP contribution in [0, 0.1) is 6.92 Å². The normalized spacial score (nSPS) is 10.6. The van der Waals surface area contributed by atoms with E-state index in [-0.39, 0.29) is 0 Å². The highest BCUT2D eigenvalue weighted by Gasteiger charge is 2.04. The molecule has 4 nitrogen and oxygen atoms in total. The summed E-state index contributed by atoms with van der Waals surface area (Å²) < 4.78 is 11.0. The third-order valence-electron chi connectivity index (χ3n) is 3.00. The molecule has 0 atom stereocenters. The van der Waals surface area contributed by atoms with Gasteiger partial charge in [0, 0.05) is 25.4 Å². The number of hydrogen-bond donors (Lipinski definition) is 1. The van der Waals surface area contributed by atoms with Crippen LogP contribution >= 0.6 is 0 Å². The molecule has 1 aromatic heterocycles. The summed E-state index contributed by atoms with van der Waals surface area (Å²) in [6.07, 6.45) is 0. The van der Waals surface area contributed by atoms with Crippen molar-refractivity contribution < 1.29 is 9.47 Å². The highest BCUT2D eigenvalue weighted by atomic mass is 16.5. The molecular weight excluding hydrogens is 264 g/mol. The third-order valence-corrected chi connectivity index (χ3v) is 3.00. The van der Waals surface area contributed by atoms with Crippen LogP contribution < -0.4 is 10.1 Å². The smallest absolute Gasteiger partial charge is 0.219 e. The average molecular weight is 286 g/mol. The number of hydrogen-bond acceptors (Lipinski definition) is 4. The molecule has 2 rings (SSSR count). The SMILES string of the molecule is CCNCc1cc(C)nc(Oc2cccc(COC)c2)c1. The van der Waals surface area contributed by atoms with Gasteiger partial charge in [-0.1, -0.05) is 19.1 Å². The standard InChI is InChI=1S/C17H22N2O2/c1-4-18-11-15-8-13(2)19-17(10-15)21-16-7-5-6-14(9-16)12-20-3/h5-10,18H,4,11-12H2,1-3H3. The first kappa shape index (κ1) is 15.5. The van der Waals surface area contributed by atoms with Crippen molar-refractivity contribution in [1.82, 2.24) is 10.3 Å². The molecule has 0 aliphatic rings. The minimum Gasteiger partial charge on any atom is -0.439 e. The number of pyridine rings is 1. The lowest BCUT2D eigenvalue weighted by Crippen LogP contribution is -2.12. The number of nitrogens with one attached hydrogen (secondary N) is 1. The second-order valence-corrected chi connectivity index (χ2v) is 4.92. The summed E-state index contributed by atoms with van der Waals surface area (Å²) in [7, 11) is 1.68. The van der Waals surface area contributed by atoms with Crippen molar-refractivity contribution >= 4 is 0 Å². The van der Waals surface area contributed by atoms with E-state index in [2.05, 4.69) is 23.3 Å². The zero-order valence-corrected chi connectivity index (χ0v) is 12.8. The van der Waals surface area contributed by atoms with E-state index in [9.17, 15) is 0 Å². The largest absolute Gasteiger partial charge is 0.439 e. The van der Waals surface area contributed by atoms with Crippen molar-refractivity contribution in [2.24, 2.45) is 0 Å². The maximum atomic E-state index is 5.87. The Bertz CT molecular complexity index is 585. The number of rotatable bonds is 7. The number of aromatic nitrogens is 1. The lowest BCUT2D eigenvalue weighted by Gasteiger charge is -2.10. The quantitative estimate of drug-likeness (QED) is 0.846. The molecule has 0 unspecified atom stereocenters. The van der Waals surface area contributed by atoms with Crippen LogP contribution in [-0.2, 0) is 17.9 Å². The summed E-state index contributed by atoms with van der Waals surface area (Å²) in [6.45, 7) is 6.40. The minimum absolute atomic E-state index is 0.574. The predicted octanol–water partition coefficient (Wildman–Crippen LogP) is 3.44. The van der Waals surface area contributed by atoms with Gasteiger partial charge in [0.1, 0.15) is 5.75 Å². The third kappa shape index (κ3) is 4.85. The van der Waals surface area contributed by atoms with Crippen LogP contribution in [0.2, 0.25) is 0 Å². The summed E-state index contributed by atoms with van der Waals surface area (Å²) in [5.74, 6) is 1.40. The number of methoxy groups -OCH3 is 1. The van der Waals surface area contributed by atoms with E-state index in [1.165, 1.54) is 5.56 Å². The van der Waals surface area contributed by atoms with E-state index in [4.69, 9.17) is 9.47 Å². The van der Waals surface area contributed by atoms with Crippen LogP contribution in [0.1, 0.15) is 23.7 Å². The average Bonchev–Trinajstić information content (AvgIpc) is 2.45. The zero-order valence-electron chi connectivity index (χ0n) is 12.8.